The Kier molecular flexibility index (Phi) is 7.35. The molecule has 1 saturated heterocycles. The van der Waals surface area contributed by atoms with Gasteiger partial charge in [0.25, 0.3) is 5.56 Å². The Hall–Kier alpha value is -3.02. The van der Waals surface area contributed by atoms with E-state index in [1.54, 1.807) is 11.8 Å². The van der Waals surface area contributed by atoms with Gasteiger partial charge in [0.05, 0.1) is 19.7 Å². The van der Waals surface area contributed by atoms with Crippen molar-refractivity contribution >= 4 is 17.5 Å². The van der Waals surface area contributed by atoms with E-state index >= 15 is 0 Å². The molecular weight excluding hydrogens is 449 g/mol. The molecule has 0 saturated carbocycles. The van der Waals surface area contributed by atoms with E-state index < -0.39 is 29.7 Å². The molecule has 33 heavy (non-hydrogen) atoms. The minimum absolute atomic E-state index is 0.0265. The first kappa shape index (κ1) is 24.6. The number of hydroxylamine groups is 1. The number of hydrogen-bond donors (Lipinski definition) is 1. The second kappa shape index (κ2) is 9.86. The van der Waals surface area contributed by atoms with Crippen LogP contribution in [0.5, 0.6) is 0 Å². The topological polar surface area (TPSA) is 101 Å². The van der Waals surface area contributed by atoms with E-state index in [1.807, 2.05) is 0 Å². The summed E-state index contributed by atoms with van der Waals surface area (Å²) in [5.41, 5.74) is -1.62. The van der Waals surface area contributed by atoms with Crippen LogP contribution in [0.25, 0.3) is 0 Å². The molecule has 0 spiro atoms. The van der Waals surface area contributed by atoms with Crippen molar-refractivity contribution in [1.82, 2.24) is 19.4 Å². The zero-order valence-electron chi connectivity index (χ0n) is 18.4. The average Bonchev–Trinajstić information content (AvgIpc) is 3.09. The molecule has 0 radical (unpaired) electrons. The number of nitrogens with one attached hydrogen (secondary N) is 1. The van der Waals surface area contributed by atoms with Crippen LogP contribution in [0.2, 0.25) is 0 Å². The van der Waals surface area contributed by atoms with Crippen molar-refractivity contribution < 1.29 is 27.5 Å². The molecule has 0 bridgehead atoms. The highest BCUT2D eigenvalue weighted by Gasteiger charge is 2.50. The molecule has 0 aliphatic carbocycles. The molecule has 3 rings (SSSR count). The fourth-order valence-electron chi connectivity index (χ4n) is 3.77. The molecule has 0 amide bonds. The quantitative estimate of drug-likeness (QED) is 0.523. The first-order valence-corrected chi connectivity index (χ1v) is 10.2. The van der Waals surface area contributed by atoms with Crippen molar-refractivity contribution in [1.29, 1.82) is 0 Å². The molecule has 11 nitrogen and oxygen atoms in total. The molecule has 14 heteroatoms. The summed E-state index contributed by atoms with van der Waals surface area (Å²) in [7, 11) is 2.66. The van der Waals surface area contributed by atoms with Gasteiger partial charge in [0.15, 0.2) is 17.8 Å². The number of halogens is 3. The smallest absolute Gasteiger partial charge is 0.383 e. The molecule has 2 aliphatic rings. The summed E-state index contributed by atoms with van der Waals surface area (Å²) in [4.78, 5) is 45.9. The number of piperazine rings is 1. The lowest BCUT2D eigenvalue weighted by Crippen LogP contribution is -2.61. The number of aromatic nitrogens is 2. The van der Waals surface area contributed by atoms with Crippen molar-refractivity contribution in [3.8, 4) is 11.8 Å². The molecular formula is C19H25F3N6O5. The normalized spacial score (nSPS) is 18.7. The van der Waals surface area contributed by atoms with E-state index in [-0.39, 0.29) is 31.2 Å². The molecule has 1 atom stereocenters. The largest absolute Gasteiger partial charge is 0.493 e. The number of ether oxygens (including phenoxy) is 1. The highest BCUT2D eigenvalue weighted by atomic mass is 19.4. The third-order valence-electron chi connectivity index (χ3n) is 5.31. The van der Waals surface area contributed by atoms with Gasteiger partial charge in [0.1, 0.15) is 0 Å². The van der Waals surface area contributed by atoms with Gasteiger partial charge in [-0.25, -0.2) is 9.59 Å². The molecule has 1 aromatic rings. The summed E-state index contributed by atoms with van der Waals surface area (Å²) in [5.74, 6) is 2.79. The van der Waals surface area contributed by atoms with E-state index in [0.717, 1.165) is 9.13 Å². The standard InChI is InChI=1S/C19H25F3N6O5/c1-4-5-8-26-13-14(27(11-12-32-3)18(31)24(2)15(13)29)28(33-16(30)19(20,21)22)17(26)25-9-6-23-7-10-25/h17,23H,6-12H2,1-3H3. The summed E-state index contributed by atoms with van der Waals surface area (Å²) in [6.45, 7) is 3.29. The summed E-state index contributed by atoms with van der Waals surface area (Å²) >= 11 is 0. The Bertz CT molecular complexity index is 1070. The minimum atomic E-state index is -5.29. The lowest BCUT2D eigenvalue weighted by atomic mass is 10.3. The van der Waals surface area contributed by atoms with Crippen LogP contribution < -0.4 is 26.5 Å². The van der Waals surface area contributed by atoms with Crippen molar-refractivity contribution in [2.75, 3.05) is 56.4 Å². The lowest BCUT2D eigenvalue weighted by Gasteiger charge is -2.40. The number of rotatable bonds is 6. The van der Waals surface area contributed by atoms with Crippen molar-refractivity contribution in [3.63, 3.8) is 0 Å². The number of carbonyl (C=O) groups excluding carboxylic acids is 1. The van der Waals surface area contributed by atoms with Gasteiger partial charge in [-0.05, 0) is 6.92 Å². The van der Waals surface area contributed by atoms with Crippen LogP contribution in [0.15, 0.2) is 9.59 Å². The average molecular weight is 474 g/mol. The molecule has 3 heterocycles. The Balaban J connectivity index is 2.27. The maximum atomic E-state index is 13.2. The van der Waals surface area contributed by atoms with Crippen LogP contribution in [-0.2, 0) is 28.0 Å². The van der Waals surface area contributed by atoms with Crippen molar-refractivity contribution in [2.45, 2.75) is 25.9 Å². The number of methoxy groups -OCH3 is 1. The predicted molar refractivity (Wildman–Crippen MR) is 111 cm³/mol. The highest BCUT2D eigenvalue weighted by molar-refractivity contribution is 5.80. The third-order valence-corrected chi connectivity index (χ3v) is 5.31. The third kappa shape index (κ3) is 4.70. The number of hydrogen-bond acceptors (Lipinski definition) is 9. The zero-order valence-corrected chi connectivity index (χ0v) is 18.4. The maximum Gasteiger partial charge on any atom is 0.493 e. The molecule has 182 valence electrons. The molecule has 1 unspecified atom stereocenters. The van der Waals surface area contributed by atoms with Crippen molar-refractivity contribution in [2.24, 2.45) is 7.05 Å². The van der Waals surface area contributed by atoms with Gasteiger partial charge in [-0.15, -0.1) is 11.0 Å². The molecule has 1 aromatic heterocycles. The van der Waals surface area contributed by atoms with E-state index in [0.29, 0.717) is 31.2 Å². The number of fused-ring (bicyclic) bond motifs is 1. The van der Waals surface area contributed by atoms with E-state index in [4.69, 9.17) is 9.57 Å². The van der Waals surface area contributed by atoms with Crippen LogP contribution >= 0.6 is 0 Å². The van der Waals surface area contributed by atoms with E-state index in [1.165, 1.54) is 19.1 Å². The summed E-state index contributed by atoms with van der Waals surface area (Å²) in [6.07, 6.45) is -6.40. The number of nitrogens with zero attached hydrogens (tertiary/aromatic N) is 5. The van der Waals surface area contributed by atoms with Crippen LogP contribution in [0.3, 0.4) is 0 Å². The van der Waals surface area contributed by atoms with Crippen LogP contribution in [0, 0.1) is 11.8 Å². The molecule has 0 aromatic carbocycles. The Morgan fingerprint density at radius 1 is 1.24 bits per heavy atom. The van der Waals surface area contributed by atoms with Crippen LogP contribution in [-0.4, -0.2) is 78.9 Å². The summed E-state index contributed by atoms with van der Waals surface area (Å²) < 4.78 is 46.4. The van der Waals surface area contributed by atoms with Gasteiger partial charge in [-0.2, -0.15) is 13.2 Å². The fraction of sp³-hybridized carbons (Fsp3) is 0.632. The SMILES string of the molecule is CC#CCN1c2c(n(CCOC)c(=O)n(C)c2=O)N(OC(=O)C(F)(F)F)C1N1CCNCC1. The van der Waals surface area contributed by atoms with Crippen molar-refractivity contribution in [3.05, 3.63) is 20.8 Å². The Morgan fingerprint density at radius 2 is 1.91 bits per heavy atom. The number of alkyl halides is 3. The first-order valence-electron chi connectivity index (χ1n) is 10.2. The maximum absolute atomic E-state index is 13.2. The lowest BCUT2D eigenvalue weighted by molar-refractivity contribution is -0.203. The molecule has 1 N–H and O–H groups in total. The highest BCUT2D eigenvalue weighted by Crippen LogP contribution is 2.38. The van der Waals surface area contributed by atoms with Gasteiger partial charge in [-0.1, -0.05) is 5.92 Å². The minimum Gasteiger partial charge on any atom is -0.383 e. The zero-order chi connectivity index (χ0) is 24.3. The Morgan fingerprint density at radius 3 is 2.48 bits per heavy atom. The van der Waals surface area contributed by atoms with Gasteiger partial charge in [0, 0.05) is 40.3 Å². The van der Waals surface area contributed by atoms with Gasteiger partial charge >= 0.3 is 17.8 Å². The summed E-state index contributed by atoms with van der Waals surface area (Å²) in [5, 5.41) is 3.83. The van der Waals surface area contributed by atoms with Crippen LogP contribution in [0.4, 0.5) is 24.7 Å². The van der Waals surface area contributed by atoms with Gasteiger partial charge in [0.2, 0.25) is 0 Å². The van der Waals surface area contributed by atoms with Gasteiger partial charge in [-0.3, -0.25) is 18.8 Å². The van der Waals surface area contributed by atoms with Crippen LogP contribution in [0.1, 0.15) is 6.92 Å². The fourth-order valence-corrected chi connectivity index (χ4v) is 3.77. The number of anilines is 2. The van der Waals surface area contributed by atoms with Gasteiger partial charge < -0.3 is 19.8 Å². The second-order valence-electron chi connectivity index (χ2n) is 7.35. The van der Waals surface area contributed by atoms with E-state index in [9.17, 15) is 27.6 Å². The second-order valence-corrected chi connectivity index (χ2v) is 7.35. The molecule has 1 fully saturated rings. The predicted octanol–water partition coefficient (Wildman–Crippen LogP) is -0.948. The first-order chi connectivity index (χ1) is 15.6. The van der Waals surface area contributed by atoms with E-state index in [2.05, 4.69) is 17.2 Å². The summed E-state index contributed by atoms with van der Waals surface area (Å²) in [6, 6.07) is 0. The Labute approximate surface area is 187 Å². The molecule has 2 aliphatic heterocycles. The number of carbonyl (C=O) groups is 1. The monoisotopic (exact) mass is 474 g/mol.